The lowest BCUT2D eigenvalue weighted by Gasteiger charge is -2.13. The summed E-state index contributed by atoms with van der Waals surface area (Å²) in [6, 6.07) is 23.8. The number of carbonyl (C=O) groups is 1. The number of ether oxygens (including phenoxy) is 3. The van der Waals surface area contributed by atoms with Gasteiger partial charge in [0.25, 0.3) is 5.91 Å². The third-order valence-electron chi connectivity index (χ3n) is 4.17. The molecule has 3 aromatic carbocycles. The molecule has 6 nitrogen and oxygen atoms in total. The minimum absolute atomic E-state index is 0.0697. The van der Waals surface area contributed by atoms with Gasteiger partial charge in [-0.3, -0.25) is 10.1 Å². The molecule has 0 aliphatic heterocycles. The van der Waals surface area contributed by atoms with Crippen LogP contribution in [-0.2, 0) is 0 Å². The van der Waals surface area contributed by atoms with Crippen molar-refractivity contribution >= 4 is 28.9 Å². The summed E-state index contributed by atoms with van der Waals surface area (Å²) in [5, 5.41) is 5.87. The predicted molar refractivity (Wildman–Crippen MR) is 130 cm³/mol. The molecule has 3 rings (SSSR count). The zero-order chi connectivity index (χ0) is 22.8. The van der Waals surface area contributed by atoms with Crippen molar-refractivity contribution in [1.82, 2.24) is 5.32 Å². The Morgan fingerprint density at radius 2 is 1.47 bits per heavy atom. The summed E-state index contributed by atoms with van der Waals surface area (Å²) in [7, 11) is 0. The first-order chi connectivity index (χ1) is 15.5. The number of hydrogen-bond donors (Lipinski definition) is 2. The van der Waals surface area contributed by atoms with Gasteiger partial charge in [0.1, 0.15) is 30.5 Å². The minimum atomic E-state index is -0.309. The van der Waals surface area contributed by atoms with E-state index in [1.807, 2.05) is 68.4 Å². The lowest BCUT2D eigenvalue weighted by Crippen LogP contribution is -2.34. The van der Waals surface area contributed by atoms with Crippen LogP contribution in [0, 0.1) is 0 Å². The molecule has 0 aliphatic rings. The molecule has 0 radical (unpaired) electrons. The third kappa shape index (κ3) is 7.59. The topological polar surface area (TPSA) is 68.8 Å². The monoisotopic (exact) mass is 450 g/mol. The average molecular weight is 451 g/mol. The highest BCUT2D eigenvalue weighted by atomic mass is 32.1. The first-order valence-corrected chi connectivity index (χ1v) is 10.7. The van der Waals surface area contributed by atoms with Gasteiger partial charge in [0.2, 0.25) is 0 Å². The molecule has 0 unspecified atom stereocenters. The zero-order valence-electron chi connectivity index (χ0n) is 18.0. The Labute approximate surface area is 193 Å². The van der Waals surface area contributed by atoms with E-state index in [0.717, 1.165) is 17.2 Å². The predicted octanol–water partition coefficient (Wildman–Crippen LogP) is 5.06. The Kier molecular flexibility index (Phi) is 8.45. The van der Waals surface area contributed by atoms with Crippen molar-refractivity contribution in [2.24, 2.45) is 0 Å². The van der Waals surface area contributed by atoms with Crippen LogP contribution < -0.4 is 24.8 Å². The number of benzene rings is 3. The summed E-state index contributed by atoms with van der Waals surface area (Å²) in [5.74, 6) is 1.87. The Hall–Kier alpha value is -3.58. The van der Waals surface area contributed by atoms with Gasteiger partial charge in [-0.05, 0) is 74.6 Å². The second-order valence-electron chi connectivity index (χ2n) is 7.14. The van der Waals surface area contributed by atoms with Crippen LogP contribution in [0.4, 0.5) is 5.69 Å². The van der Waals surface area contributed by atoms with Crippen LogP contribution in [-0.4, -0.2) is 30.3 Å². The van der Waals surface area contributed by atoms with Gasteiger partial charge in [0, 0.05) is 17.3 Å². The number of amides is 1. The Morgan fingerprint density at radius 1 is 0.844 bits per heavy atom. The molecule has 0 spiro atoms. The van der Waals surface area contributed by atoms with Crippen LogP contribution in [0.15, 0.2) is 78.9 Å². The van der Waals surface area contributed by atoms with Crippen molar-refractivity contribution in [1.29, 1.82) is 0 Å². The van der Waals surface area contributed by atoms with Crippen molar-refractivity contribution in [2.75, 3.05) is 18.5 Å². The van der Waals surface area contributed by atoms with Gasteiger partial charge in [-0.25, -0.2) is 0 Å². The van der Waals surface area contributed by atoms with Crippen LogP contribution in [0.25, 0.3) is 0 Å². The third-order valence-corrected chi connectivity index (χ3v) is 4.38. The van der Waals surface area contributed by atoms with Crippen molar-refractivity contribution in [2.45, 2.75) is 20.0 Å². The van der Waals surface area contributed by atoms with E-state index in [1.165, 1.54) is 0 Å². The molecule has 0 atom stereocenters. The number of rotatable bonds is 9. The fourth-order valence-corrected chi connectivity index (χ4v) is 3.01. The lowest BCUT2D eigenvalue weighted by molar-refractivity contribution is 0.0977. The number of thiocarbonyl (C=S) groups is 1. The second kappa shape index (κ2) is 11.7. The quantitative estimate of drug-likeness (QED) is 0.351. The average Bonchev–Trinajstić information content (AvgIpc) is 2.77. The first-order valence-electron chi connectivity index (χ1n) is 10.3. The molecule has 0 heterocycles. The lowest BCUT2D eigenvalue weighted by atomic mass is 10.2. The van der Waals surface area contributed by atoms with Gasteiger partial charge in [0.15, 0.2) is 5.11 Å². The number of carbonyl (C=O) groups excluding carboxylic acids is 1. The highest BCUT2D eigenvalue weighted by Gasteiger charge is 2.09. The number of hydrogen-bond acceptors (Lipinski definition) is 5. The molecule has 166 valence electrons. The second-order valence-corrected chi connectivity index (χ2v) is 7.55. The summed E-state index contributed by atoms with van der Waals surface area (Å²) in [4.78, 5) is 12.5. The van der Waals surface area contributed by atoms with Crippen molar-refractivity contribution < 1.29 is 19.0 Å². The normalized spacial score (nSPS) is 10.3. The van der Waals surface area contributed by atoms with Crippen LogP contribution in [0.2, 0.25) is 0 Å². The molecule has 2 N–H and O–H groups in total. The Balaban J connectivity index is 1.44. The summed E-state index contributed by atoms with van der Waals surface area (Å²) >= 11 is 5.26. The number of para-hydroxylation sites is 1. The van der Waals surface area contributed by atoms with Crippen molar-refractivity contribution in [3.8, 4) is 17.2 Å². The van der Waals surface area contributed by atoms with E-state index in [-0.39, 0.29) is 17.1 Å². The van der Waals surface area contributed by atoms with Gasteiger partial charge < -0.3 is 19.5 Å². The Bertz CT molecular complexity index is 1020. The molecule has 3 aromatic rings. The SMILES string of the molecule is CC(C)Oc1cccc(NC(=S)NC(=O)c2ccc(OCCOc3ccccc3)cc2)c1. The van der Waals surface area contributed by atoms with Gasteiger partial charge >= 0.3 is 0 Å². The fourth-order valence-electron chi connectivity index (χ4n) is 2.80. The smallest absolute Gasteiger partial charge is 0.257 e. The van der Waals surface area contributed by atoms with E-state index in [9.17, 15) is 4.79 Å². The van der Waals surface area contributed by atoms with E-state index >= 15 is 0 Å². The molecular formula is C25H26N2O4S. The number of anilines is 1. The highest BCUT2D eigenvalue weighted by Crippen LogP contribution is 2.18. The van der Waals surface area contributed by atoms with Gasteiger partial charge in [0.05, 0.1) is 6.10 Å². The van der Waals surface area contributed by atoms with Gasteiger partial charge in [-0.15, -0.1) is 0 Å². The Morgan fingerprint density at radius 3 is 2.12 bits per heavy atom. The van der Waals surface area contributed by atoms with Crippen LogP contribution in [0.1, 0.15) is 24.2 Å². The highest BCUT2D eigenvalue weighted by molar-refractivity contribution is 7.80. The largest absolute Gasteiger partial charge is 0.491 e. The number of nitrogens with one attached hydrogen (secondary N) is 2. The minimum Gasteiger partial charge on any atom is -0.491 e. The van der Waals surface area contributed by atoms with E-state index in [1.54, 1.807) is 24.3 Å². The van der Waals surface area contributed by atoms with Gasteiger partial charge in [-0.1, -0.05) is 24.3 Å². The first kappa shape index (κ1) is 23.1. The van der Waals surface area contributed by atoms with E-state index in [0.29, 0.717) is 24.5 Å². The van der Waals surface area contributed by atoms with Crippen LogP contribution >= 0.6 is 12.2 Å². The van der Waals surface area contributed by atoms with E-state index < -0.39 is 0 Å². The molecule has 0 aliphatic carbocycles. The summed E-state index contributed by atoms with van der Waals surface area (Å²) in [6.07, 6.45) is 0.0697. The van der Waals surface area contributed by atoms with E-state index in [4.69, 9.17) is 26.4 Å². The molecule has 7 heteroatoms. The summed E-state index contributed by atoms with van der Waals surface area (Å²) in [6.45, 7) is 4.74. The molecule has 0 fully saturated rings. The zero-order valence-corrected chi connectivity index (χ0v) is 18.9. The van der Waals surface area contributed by atoms with Crippen molar-refractivity contribution in [3.63, 3.8) is 0 Å². The maximum absolute atomic E-state index is 12.5. The molecule has 1 amide bonds. The fraction of sp³-hybridized carbons (Fsp3) is 0.200. The van der Waals surface area contributed by atoms with E-state index in [2.05, 4.69) is 10.6 Å². The van der Waals surface area contributed by atoms with Crippen LogP contribution in [0.5, 0.6) is 17.2 Å². The maximum atomic E-state index is 12.5. The molecule has 0 saturated carbocycles. The molecule has 0 saturated heterocycles. The maximum Gasteiger partial charge on any atom is 0.257 e. The standard InChI is InChI=1S/C25H26N2O4S/c1-18(2)31-23-10-6-7-20(17-23)26-25(32)27-24(28)19-11-13-22(14-12-19)30-16-15-29-21-8-4-3-5-9-21/h3-14,17-18H,15-16H2,1-2H3,(H2,26,27,28,32). The molecule has 32 heavy (non-hydrogen) atoms. The molecular weight excluding hydrogens is 424 g/mol. The molecule has 0 aromatic heterocycles. The van der Waals surface area contributed by atoms with Crippen LogP contribution in [0.3, 0.4) is 0 Å². The van der Waals surface area contributed by atoms with Crippen molar-refractivity contribution in [3.05, 3.63) is 84.4 Å². The summed E-state index contributed by atoms with van der Waals surface area (Å²) in [5.41, 5.74) is 1.20. The molecule has 0 bridgehead atoms. The summed E-state index contributed by atoms with van der Waals surface area (Å²) < 4.78 is 16.9. The van der Waals surface area contributed by atoms with Gasteiger partial charge in [-0.2, -0.15) is 0 Å².